The fourth-order valence-corrected chi connectivity index (χ4v) is 3.80. The van der Waals surface area contributed by atoms with Gasteiger partial charge in [-0.1, -0.05) is 17.7 Å². The Kier molecular flexibility index (Phi) is 4.63. The van der Waals surface area contributed by atoms with E-state index in [4.69, 9.17) is 4.74 Å². The van der Waals surface area contributed by atoms with E-state index in [0.717, 1.165) is 42.1 Å². The number of nitrogens with zero attached hydrogens (tertiary/aromatic N) is 3. The van der Waals surface area contributed by atoms with E-state index in [1.54, 1.807) is 41.8 Å². The predicted octanol–water partition coefficient (Wildman–Crippen LogP) is 2.93. The molecule has 0 fully saturated rings. The topological polar surface area (TPSA) is 64.4 Å². The Morgan fingerprint density at radius 2 is 2.07 bits per heavy atom. The van der Waals surface area contributed by atoms with Crippen molar-refractivity contribution in [1.82, 2.24) is 14.5 Å². The van der Waals surface area contributed by atoms with Crippen molar-refractivity contribution >= 4 is 16.8 Å². The number of aromatic nitrogens is 2. The van der Waals surface area contributed by atoms with E-state index in [0.29, 0.717) is 23.0 Å². The minimum absolute atomic E-state index is 0.0191. The number of amides is 1. The zero-order valence-electron chi connectivity index (χ0n) is 16.4. The van der Waals surface area contributed by atoms with Crippen LogP contribution in [0.15, 0.2) is 41.2 Å². The summed E-state index contributed by atoms with van der Waals surface area (Å²) in [5.74, 6) is 1.45. The minimum Gasteiger partial charge on any atom is -0.496 e. The zero-order valence-corrected chi connectivity index (χ0v) is 16.4. The molecule has 28 heavy (non-hydrogen) atoms. The summed E-state index contributed by atoms with van der Waals surface area (Å²) < 4.78 is 7.15. The number of hydrogen-bond acceptors (Lipinski definition) is 4. The van der Waals surface area contributed by atoms with Gasteiger partial charge in [-0.2, -0.15) is 0 Å². The molecule has 0 saturated heterocycles. The second-order valence-electron chi connectivity index (χ2n) is 7.30. The number of fused-ring (bicyclic) bond motifs is 2. The molecule has 1 aliphatic heterocycles. The molecule has 6 heteroatoms. The number of aryl methyl sites for hydroxylation is 2. The molecule has 0 radical (unpaired) electrons. The van der Waals surface area contributed by atoms with E-state index in [-0.39, 0.29) is 11.5 Å². The summed E-state index contributed by atoms with van der Waals surface area (Å²) in [6, 6.07) is 11.1. The first kappa shape index (κ1) is 18.2. The SMILES string of the molecule is COc1ccc(C)cc1CN(C)C(=O)c1ccc2c(=O)n3c(nc2c1)CCC3. The Morgan fingerprint density at radius 1 is 1.25 bits per heavy atom. The summed E-state index contributed by atoms with van der Waals surface area (Å²) in [5, 5.41) is 0.560. The quantitative estimate of drug-likeness (QED) is 0.701. The number of rotatable bonds is 4. The van der Waals surface area contributed by atoms with Gasteiger partial charge in [-0.05, 0) is 37.6 Å². The van der Waals surface area contributed by atoms with E-state index < -0.39 is 0 Å². The number of benzene rings is 2. The third-order valence-electron chi connectivity index (χ3n) is 5.25. The highest BCUT2D eigenvalue weighted by atomic mass is 16.5. The molecule has 0 spiro atoms. The van der Waals surface area contributed by atoms with E-state index >= 15 is 0 Å². The molecule has 0 N–H and O–H groups in total. The molecule has 0 unspecified atom stereocenters. The van der Waals surface area contributed by atoms with Crippen LogP contribution in [0.4, 0.5) is 0 Å². The van der Waals surface area contributed by atoms with Gasteiger partial charge in [-0.25, -0.2) is 4.98 Å². The molecule has 1 aliphatic rings. The minimum atomic E-state index is -0.118. The molecule has 4 rings (SSSR count). The zero-order chi connectivity index (χ0) is 19.8. The van der Waals surface area contributed by atoms with Crippen molar-refractivity contribution in [3.8, 4) is 5.75 Å². The summed E-state index contributed by atoms with van der Waals surface area (Å²) >= 11 is 0. The third kappa shape index (κ3) is 3.15. The van der Waals surface area contributed by atoms with Crippen molar-refractivity contribution in [1.29, 1.82) is 0 Å². The van der Waals surface area contributed by atoms with Gasteiger partial charge in [0.25, 0.3) is 11.5 Å². The van der Waals surface area contributed by atoms with Gasteiger partial charge in [0.05, 0.1) is 18.0 Å². The average molecular weight is 377 g/mol. The van der Waals surface area contributed by atoms with Crippen LogP contribution in [0, 0.1) is 6.92 Å². The second kappa shape index (κ2) is 7.11. The molecule has 0 aliphatic carbocycles. The van der Waals surface area contributed by atoms with Crippen molar-refractivity contribution in [2.75, 3.05) is 14.2 Å². The highest BCUT2D eigenvalue weighted by Crippen LogP contribution is 2.22. The average Bonchev–Trinajstić information content (AvgIpc) is 3.16. The first-order chi connectivity index (χ1) is 13.5. The lowest BCUT2D eigenvalue weighted by molar-refractivity contribution is 0.0784. The van der Waals surface area contributed by atoms with Gasteiger partial charge in [0.15, 0.2) is 0 Å². The van der Waals surface area contributed by atoms with E-state index in [1.807, 2.05) is 25.1 Å². The summed E-state index contributed by atoms with van der Waals surface area (Å²) in [4.78, 5) is 31.8. The van der Waals surface area contributed by atoms with Crippen LogP contribution < -0.4 is 10.3 Å². The maximum atomic E-state index is 13.0. The maximum Gasteiger partial charge on any atom is 0.261 e. The largest absolute Gasteiger partial charge is 0.496 e. The Balaban J connectivity index is 1.64. The number of carbonyl (C=O) groups is 1. The van der Waals surface area contributed by atoms with Gasteiger partial charge >= 0.3 is 0 Å². The molecule has 144 valence electrons. The maximum absolute atomic E-state index is 13.0. The van der Waals surface area contributed by atoms with Gasteiger partial charge in [-0.3, -0.25) is 14.2 Å². The van der Waals surface area contributed by atoms with Crippen LogP contribution in [0.25, 0.3) is 10.9 Å². The van der Waals surface area contributed by atoms with Crippen LogP contribution in [0.3, 0.4) is 0 Å². The Morgan fingerprint density at radius 3 is 2.86 bits per heavy atom. The molecular formula is C22H23N3O3. The fraction of sp³-hybridized carbons (Fsp3) is 0.318. The summed E-state index contributed by atoms with van der Waals surface area (Å²) in [7, 11) is 3.39. The first-order valence-electron chi connectivity index (χ1n) is 9.40. The highest BCUT2D eigenvalue weighted by Gasteiger charge is 2.19. The first-order valence-corrected chi connectivity index (χ1v) is 9.40. The van der Waals surface area contributed by atoms with Crippen LogP contribution in [0.2, 0.25) is 0 Å². The van der Waals surface area contributed by atoms with Crippen molar-refractivity contribution < 1.29 is 9.53 Å². The van der Waals surface area contributed by atoms with E-state index in [2.05, 4.69) is 4.98 Å². The van der Waals surface area contributed by atoms with E-state index in [9.17, 15) is 9.59 Å². The smallest absolute Gasteiger partial charge is 0.261 e. The second-order valence-corrected chi connectivity index (χ2v) is 7.30. The van der Waals surface area contributed by atoms with Crippen LogP contribution in [-0.4, -0.2) is 34.5 Å². The van der Waals surface area contributed by atoms with Gasteiger partial charge < -0.3 is 9.64 Å². The molecule has 6 nitrogen and oxygen atoms in total. The molecular weight excluding hydrogens is 354 g/mol. The Bertz CT molecular complexity index is 1130. The summed E-state index contributed by atoms with van der Waals surface area (Å²) in [6.07, 6.45) is 1.74. The van der Waals surface area contributed by atoms with Crippen molar-refractivity contribution in [2.24, 2.45) is 0 Å². The monoisotopic (exact) mass is 377 g/mol. The predicted molar refractivity (Wildman–Crippen MR) is 108 cm³/mol. The molecule has 2 aromatic carbocycles. The molecule has 3 aromatic rings. The van der Waals surface area contributed by atoms with Crippen molar-refractivity contribution in [3.05, 3.63) is 69.3 Å². The lowest BCUT2D eigenvalue weighted by atomic mass is 10.1. The van der Waals surface area contributed by atoms with Gasteiger partial charge in [0.1, 0.15) is 11.6 Å². The van der Waals surface area contributed by atoms with Crippen molar-refractivity contribution in [3.63, 3.8) is 0 Å². The summed E-state index contributed by atoms with van der Waals surface area (Å²) in [6.45, 7) is 3.16. The number of hydrogen-bond donors (Lipinski definition) is 0. The molecule has 1 aromatic heterocycles. The molecule has 0 atom stereocenters. The van der Waals surface area contributed by atoms with Crippen LogP contribution in [0.5, 0.6) is 5.75 Å². The standard InChI is InChI=1S/C22H23N3O3/c1-14-6-9-19(28-3)16(11-14)13-24(2)21(26)15-7-8-17-18(12-15)23-20-5-4-10-25(20)22(17)27/h6-9,11-12H,4-5,10,13H2,1-3H3. The Labute approximate surface area is 163 Å². The number of methoxy groups -OCH3 is 1. The van der Waals surface area contributed by atoms with E-state index in [1.165, 1.54) is 0 Å². The van der Waals surface area contributed by atoms with Gasteiger partial charge in [-0.15, -0.1) is 0 Å². The summed E-state index contributed by atoms with van der Waals surface area (Å²) in [5.41, 5.74) is 3.16. The normalized spacial score (nSPS) is 12.8. The number of carbonyl (C=O) groups excluding carboxylic acids is 1. The molecule has 1 amide bonds. The lowest BCUT2D eigenvalue weighted by Crippen LogP contribution is -2.27. The van der Waals surface area contributed by atoms with Gasteiger partial charge in [0.2, 0.25) is 0 Å². The molecule has 0 bridgehead atoms. The lowest BCUT2D eigenvalue weighted by Gasteiger charge is -2.19. The van der Waals surface area contributed by atoms with Crippen LogP contribution >= 0.6 is 0 Å². The molecule has 0 saturated carbocycles. The highest BCUT2D eigenvalue weighted by molar-refractivity contribution is 5.97. The third-order valence-corrected chi connectivity index (χ3v) is 5.25. The van der Waals surface area contributed by atoms with Gasteiger partial charge in [0, 0.05) is 37.7 Å². The molecule has 2 heterocycles. The Hall–Kier alpha value is -3.15. The number of ether oxygens (including phenoxy) is 1. The fourth-order valence-electron chi connectivity index (χ4n) is 3.80. The van der Waals surface area contributed by atoms with Crippen molar-refractivity contribution in [2.45, 2.75) is 32.9 Å². The van der Waals surface area contributed by atoms with Crippen LogP contribution in [0.1, 0.15) is 33.7 Å². The van der Waals surface area contributed by atoms with Crippen LogP contribution in [-0.2, 0) is 19.5 Å².